The van der Waals surface area contributed by atoms with Crippen molar-refractivity contribution in [1.82, 2.24) is 0 Å². The van der Waals surface area contributed by atoms with Crippen molar-refractivity contribution in [2.75, 3.05) is 0 Å². The molecule has 0 nitrogen and oxygen atoms in total. The fourth-order valence-corrected chi connectivity index (χ4v) is 2.64. The van der Waals surface area contributed by atoms with Gasteiger partial charge in [0.05, 0.1) is 0 Å². The zero-order chi connectivity index (χ0) is 13.6. The summed E-state index contributed by atoms with van der Waals surface area (Å²) in [6.07, 6.45) is 17.0. The molecule has 1 aromatic carbocycles. The van der Waals surface area contributed by atoms with Crippen LogP contribution in [0.5, 0.6) is 0 Å². The van der Waals surface area contributed by atoms with E-state index in [1.807, 2.05) is 0 Å². The Hall–Kier alpha value is 0.570. The van der Waals surface area contributed by atoms with Crippen LogP contribution in [0, 0.1) is 0 Å². The first-order valence-electron chi connectivity index (χ1n) is 8.47. The van der Waals surface area contributed by atoms with Crippen molar-refractivity contribution in [3.8, 4) is 0 Å². The van der Waals surface area contributed by atoms with Crippen molar-refractivity contribution in [2.24, 2.45) is 0 Å². The van der Waals surface area contributed by atoms with Crippen LogP contribution in [0.2, 0.25) is 0 Å². The van der Waals surface area contributed by atoms with Crippen LogP contribution in [0.1, 0.15) is 83.1 Å². The van der Waals surface area contributed by atoms with E-state index in [4.69, 9.17) is 0 Å². The van der Waals surface area contributed by atoms with Crippen molar-refractivity contribution < 1.29 is 0 Å². The predicted molar refractivity (Wildman–Crippen MR) is 103 cm³/mol. The van der Waals surface area contributed by atoms with Crippen molar-refractivity contribution in [2.45, 2.75) is 84.0 Å². The molecule has 1 rings (SSSR count). The van der Waals surface area contributed by atoms with E-state index < -0.39 is 0 Å². The number of unbranched alkanes of at least 4 members (excludes halogenated alkanes) is 10. The summed E-state index contributed by atoms with van der Waals surface area (Å²) in [5.41, 5.74) is 1.50. The van der Waals surface area contributed by atoms with Gasteiger partial charge in [-0.3, -0.25) is 0 Å². The number of rotatable bonds is 12. The zero-order valence-electron chi connectivity index (χ0n) is 14.4. The van der Waals surface area contributed by atoms with Crippen LogP contribution in [0.25, 0.3) is 0 Å². The van der Waals surface area contributed by atoms with E-state index in [2.05, 4.69) is 37.3 Å². The molecule has 1 radical (unpaired) electrons. The average Bonchev–Trinajstić information content (AvgIpc) is 2.46. The Kier molecular flexibility index (Phi) is 21.1. The predicted octanol–water partition coefficient (Wildman–Crippen LogP) is 6.27. The SMILES string of the molecule is CCCCCCCCCCCCCc1ccccc1.S.[Na]. The minimum Gasteiger partial charge on any atom is -0.197 e. The fraction of sp³-hybridized carbons (Fsp3) is 0.684. The summed E-state index contributed by atoms with van der Waals surface area (Å²) < 4.78 is 0. The maximum Gasteiger partial charge on any atom is 0 e. The summed E-state index contributed by atoms with van der Waals surface area (Å²) in [5, 5.41) is 0. The minimum absolute atomic E-state index is 0. The monoisotopic (exact) mass is 317 g/mol. The molecule has 0 heterocycles. The molecule has 0 N–H and O–H groups in total. The molecule has 21 heavy (non-hydrogen) atoms. The summed E-state index contributed by atoms with van der Waals surface area (Å²) in [4.78, 5) is 0. The molecule has 0 saturated heterocycles. The van der Waals surface area contributed by atoms with Gasteiger partial charge in [0.1, 0.15) is 0 Å². The Morgan fingerprint density at radius 1 is 0.619 bits per heavy atom. The van der Waals surface area contributed by atoms with E-state index in [0.717, 1.165) is 0 Å². The Bertz CT molecular complexity index is 287. The quantitative estimate of drug-likeness (QED) is 0.315. The van der Waals surface area contributed by atoms with Crippen LogP contribution in [-0.4, -0.2) is 29.6 Å². The minimum atomic E-state index is 0. The molecule has 0 fully saturated rings. The first-order valence-corrected chi connectivity index (χ1v) is 8.47. The number of benzene rings is 1. The van der Waals surface area contributed by atoms with Gasteiger partial charge >= 0.3 is 0 Å². The molecule has 0 aliphatic rings. The number of hydrogen-bond donors (Lipinski definition) is 0. The maximum absolute atomic E-state index is 2.29. The second kappa shape index (κ2) is 18.6. The van der Waals surface area contributed by atoms with Crippen molar-refractivity contribution in [1.29, 1.82) is 0 Å². The van der Waals surface area contributed by atoms with Crippen LogP contribution in [-0.2, 0) is 6.42 Å². The summed E-state index contributed by atoms with van der Waals surface area (Å²) in [7, 11) is 0. The maximum atomic E-state index is 2.29. The number of hydrogen-bond acceptors (Lipinski definition) is 0. The summed E-state index contributed by atoms with van der Waals surface area (Å²) >= 11 is 0. The third-order valence-corrected chi connectivity index (χ3v) is 3.91. The third kappa shape index (κ3) is 15.2. The fourth-order valence-electron chi connectivity index (χ4n) is 2.64. The normalized spacial score (nSPS) is 9.76. The first kappa shape index (κ1) is 23.8. The molecule has 2 heteroatoms. The molecule has 0 aromatic heterocycles. The largest absolute Gasteiger partial charge is 0.197 e. The summed E-state index contributed by atoms with van der Waals surface area (Å²) in [5.74, 6) is 0. The summed E-state index contributed by atoms with van der Waals surface area (Å²) in [6, 6.07) is 10.9. The van der Waals surface area contributed by atoms with Gasteiger partial charge in [-0.15, -0.1) is 0 Å². The van der Waals surface area contributed by atoms with E-state index in [-0.39, 0.29) is 43.1 Å². The van der Waals surface area contributed by atoms with Crippen LogP contribution in [0.4, 0.5) is 0 Å². The molecular weight excluding hydrogens is 283 g/mol. The molecular formula is C19H34NaS. The van der Waals surface area contributed by atoms with E-state index in [9.17, 15) is 0 Å². The Morgan fingerprint density at radius 3 is 1.52 bits per heavy atom. The second-order valence-electron chi connectivity index (χ2n) is 5.77. The van der Waals surface area contributed by atoms with Gasteiger partial charge in [0.2, 0.25) is 0 Å². The average molecular weight is 318 g/mol. The number of aryl methyl sites for hydroxylation is 1. The van der Waals surface area contributed by atoms with Gasteiger partial charge in [0.25, 0.3) is 0 Å². The van der Waals surface area contributed by atoms with Gasteiger partial charge in [-0.25, -0.2) is 0 Å². The molecule has 0 unspecified atom stereocenters. The van der Waals surface area contributed by atoms with Gasteiger partial charge in [0, 0.05) is 29.6 Å². The van der Waals surface area contributed by atoms with Crippen LogP contribution in [0.3, 0.4) is 0 Å². The van der Waals surface area contributed by atoms with Crippen LogP contribution in [0.15, 0.2) is 30.3 Å². The standard InChI is InChI=1S/C19H32.Na.H2S/c1-2-3-4-5-6-7-8-9-10-11-13-16-19-17-14-12-15-18-19;;/h12,14-15,17-18H,2-11,13,16H2,1H3;;1H2. The molecule has 0 atom stereocenters. The second-order valence-corrected chi connectivity index (χ2v) is 5.77. The topological polar surface area (TPSA) is 0 Å². The van der Waals surface area contributed by atoms with Crippen molar-refractivity contribution in [3.63, 3.8) is 0 Å². The molecule has 0 saturated carbocycles. The Balaban J connectivity index is 0. The van der Waals surface area contributed by atoms with Gasteiger partial charge in [-0.05, 0) is 18.4 Å². The van der Waals surface area contributed by atoms with Crippen molar-refractivity contribution >= 4 is 43.1 Å². The van der Waals surface area contributed by atoms with Gasteiger partial charge in [-0.1, -0.05) is 101 Å². The zero-order valence-corrected chi connectivity index (χ0v) is 17.4. The smallest absolute Gasteiger partial charge is 0 e. The van der Waals surface area contributed by atoms with Crippen LogP contribution < -0.4 is 0 Å². The molecule has 0 aliphatic carbocycles. The van der Waals surface area contributed by atoms with E-state index >= 15 is 0 Å². The van der Waals surface area contributed by atoms with E-state index in [1.54, 1.807) is 0 Å². The van der Waals surface area contributed by atoms with E-state index in [0.29, 0.717) is 0 Å². The molecule has 0 amide bonds. The van der Waals surface area contributed by atoms with Gasteiger partial charge < -0.3 is 0 Å². The van der Waals surface area contributed by atoms with Crippen molar-refractivity contribution in [3.05, 3.63) is 35.9 Å². The third-order valence-electron chi connectivity index (χ3n) is 3.91. The molecule has 117 valence electrons. The Morgan fingerprint density at radius 2 is 1.05 bits per heavy atom. The van der Waals surface area contributed by atoms with Gasteiger partial charge in [0.15, 0.2) is 0 Å². The van der Waals surface area contributed by atoms with E-state index in [1.165, 1.54) is 82.6 Å². The first-order chi connectivity index (χ1) is 9.43. The molecule has 0 bridgehead atoms. The Labute approximate surface area is 162 Å². The van der Waals surface area contributed by atoms with Crippen LogP contribution >= 0.6 is 13.5 Å². The van der Waals surface area contributed by atoms with Gasteiger partial charge in [-0.2, -0.15) is 13.5 Å². The molecule has 1 aromatic rings. The molecule has 0 spiro atoms. The summed E-state index contributed by atoms with van der Waals surface area (Å²) in [6.45, 7) is 2.29. The molecule has 0 aliphatic heterocycles.